The fourth-order valence-electron chi connectivity index (χ4n) is 0.943. The van der Waals surface area contributed by atoms with Crippen molar-refractivity contribution in [2.75, 3.05) is 0 Å². The second kappa shape index (κ2) is 2.74. The molecule has 1 heterocycles. The molecule has 0 fully saturated rings. The van der Waals surface area contributed by atoms with Crippen LogP contribution in [0.25, 0.3) is 0 Å². The van der Waals surface area contributed by atoms with Gasteiger partial charge in [0.05, 0.1) is 0 Å². The molecule has 0 aliphatic heterocycles. The lowest BCUT2D eigenvalue weighted by molar-refractivity contribution is 0.737. The first-order valence-corrected chi connectivity index (χ1v) is 3.44. The molecule has 0 spiro atoms. The molecule has 0 aliphatic rings. The Balaban J connectivity index is 3.49. The van der Waals surface area contributed by atoms with Crippen molar-refractivity contribution < 1.29 is 0 Å². The second-order valence-electron chi connectivity index (χ2n) is 2.34. The van der Waals surface area contributed by atoms with Gasteiger partial charge in [-0.15, -0.1) is 0 Å². The van der Waals surface area contributed by atoms with Gasteiger partial charge in [0, 0.05) is 18.8 Å². The number of aryl methyl sites for hydroxylation is 1. The molecular formula is C7H10N2O2. The standard InChI is InChI=1S/C7H10N2O2/c1-3-5-4-6(10)8-7(11)9(5)2/h4H,3H2,1-2H3,(H,8,10,11). The van der Waals surface area contributed by atoms with Gasteiger partial charge in [0.1, 0.15) is 0 Å². The molecule has 11 heavy (non-hydrogen) atoms. The zero-order valence-corrected chi connectivity index (χ0v) is 6.55. The van der Waals surface area contributed by atoms with E-state index < -0.39 is 0 Å². The molecule has 0 amide bonds. The monoisotopic (exact) mass is 154 g/mol. The Hall–Kier alpha value is -1.32. The number of rotatable bonds is 1. The zero-order valence-electron chi connectivity index (χ0n) is 6.55. The van der Waals surface area contributed by atoms with E-state index >= 15 is 0 Å². The van der Waals surface area contributed by atoms with E-state index in [1.54, 1.807) is 7.05 Å². The van der Waals surface area contributed by atoms with Crippen LogP contribution in [0.15, 0.2) is 15.7 Å². The zero-order chi connectivity index (χ0) is 8.43. The van der Waals surface area contributed by atoms with Crippen molar-refractivity contribution in [2.24, 2.45) is 7.05 Å². The van der Waals surface area contributed by atoms with Crippen molar-refractivity contribution in [2.45, 2.75) is 13.3 Å². The summed E-state index contributed by atoms with van der Waals surface area (Å²) in [4.78, 5) is 23.8. The molecule has 0 atom stereocenters. The van der Waals surface area contributed by atoms with Gasteiger partial charge in [0.15, 0.2) is 0 Å². The first kappa shape index (κ1) is 7.78. The Morgan fingerprint density at radius 2 is 2.18 bits per heavy atom. The highest BCUT2D eigenvalue weighted by atomic mass is 16.2. The third kappa shape index (κ3) is 1.39. The third-order valence-electron chi connectivity index (χ3n) is 1.63. The number of H-pyrrole nitrogens is 1. The van der Waals surface area contributed by atoms with Crippen LogP contribution in [0.4, 0.5) is 0 Å². The Morgan fingerprint density at radius 3 is 2.73 bits per heavy atom. The molecule has 1 N–H and O–H groups in total. The van der Waals surface area contributed by atoms with Crippen LogP contribution in [0.1, 0.15) is 12.6 Å². The lowest BCUT2D eigenvalue weighted by Crippen LogP contribution is -2.29. The Morgan fingerprint density at radius 1 is 1.55 bits per heavy atom. The quantitative estimate of drug-likeness (QED) is 0.600. The second-order valence-corrected chi connectivity index (χ2v) is 2.34. The topological polar surface area (TPSA) is 54.9 Å². The van der Waals surface area contributed by atoms with Crippen molar-refractivity contribution in [1.82, 2.24) is 9.55 Å². The van der Waals surface area contributed by atoms with E-state index in [0.29, 0.717) is 6.42 Å². The summed E-state index contributed by atoms with van der Waals surface area (Å²) < 4.78 is 1.43. The summed E-state index contributed by atoms with van der Waals surface area (Å²) in [6, 6.07) is 1.43. The number of nitrogens with one attached hydrogen (secondary N) is 1. The van der Waals surface area contributed by atoms with Crippen molar-refractivity contribution in [3.05, 3.63) is 32.6 Å². The van der Waals surface area contributed by atoms with Crippen molar-refractivity contribution in [1.29, 1.82) is 0 Å². The smallest absolute Gasteiger partial charge is 0.301 e. The summed E-state index contributed by atoms with van der Waals surface area (Å²) in [6.07, 6.45) is 0.690. The van der Waals surface area contributed by atoms with Gasteiger partial charge in [0.25, 0.3) is 5.56 Å². The average molecular weight is 154 g/mol. The molecule has 0 radical (unpaired) electrons. The number of aromatic amines is 1. The maximum absolute atomic E-state index is 10.9. The molecular weight excluding hydrogens is 144 g/mol. The van der Waals surface area contributed by atoms with Crippen molar-refractivity contribution in [3.8, 4) is 0 Å². The lowest BCUT2D eigenvalue weighted by atomic mass is 10.3. The van der Waals surface area contributed by atoms with E-state index in [1.807, 2.05) is 6.92 Å². The van der Waals surface area contributed by atoms with Crippen LogP contribution >= 0.6 is 0 Å². The maximum Gasteiger partial charge on any atom is 0.328 e. The van der Waals surface area contributed by atoms with Gasteiger partial charge in [-0.25, -0.2) is 4.79 Å². The Kier molecular flexibility index (Phi) is 1.94. The summed E-state index contributed by atoms with van der Waals surface area (Å²) >= 11 is 0. The first-order valence-electron chi connectivity index (χ1n) is 3.44. The van der Waals surface area contributed by atoms with Gasteiger partial charge in [-0.1, -0.05) is 6.92 Å². The van der Waals surface area contributed by atoms with E-state index in [2.05, 4.69) is 4.98 Å². The van der Waals surface area contributed by atoms with E-state index in [-0.39, 0.29) is 11.2 Å². The molecule has 0 unspecified atom stereocenters. The Bertz CT molecular complexity index is 361. The molecule has 0 aliphatic carbocycles. The van der Waals surface area contributed by atoms with E-state index in [9.17, 15) is 9.59 Å². The minimum atomic E-state index is -0.352. The summed E-state index contributed by atoms with van der Waals surface area (Å²) in [6.45, 7) is 1.90. The molecule has 4 nitrogen and oxygen atoms in total. The number of hydrogen-bond acceptors (Lipinski definition) is 2. The normalized spacial score (nSPS) is 10.0. The van der Waals surface area contributed by atoms with E-state index in [1.165, 1.54) is 10.6 Å². The Labute approximate surface area is 63.5 Å². The van der Waals surface area contributed by atoms with Gasteiger partial charge in [-0.3, -0.25) is 9.78 Å². The first-order chi connectivity index (χ1) is 5.15. The number of hydrogen-bond donors (Lipinski definition) is 1. The molecule has 0 saturated carbocycles. The molecule has 1 aromatic heterocycles. The van der Waals surface area contributed by atoms with E-state index in [0.717, 1.165) is 5.69 Å². The lowest BCUT2D eigenvalue weighted by Gasteiger charge is -2.01. The number of aromatic nitrogens is 2. The summed E-state index contributed by atoms with van der Waals surface area (Å²) in [7, 11) is 1.64. The molecule has 60 valence electrons. The summed E-state index contributed by atoms with van der Waals surface area (Å²) in [5, 5.41) is 0. The van der Waals surface area contributed by atoms with Crippen LogP contribution in [0.3, 0.4) is 0 Å². The van der Waals surface area contributed by atoms with Gasteiger partial charge in [0.2, 0.25) is 0 Å². The van der Waals surface area contributed by atoms with E-state index in [4.69, 9.17) is 0 Å². The SMILES string of the molecule is CCc1cc(=O)[nH]c(=O)n1C. The summed E-state index contributed by atoms with van der Waals surface area (Å²) in [5.41, 5.74) is 0.0676. The van der Waals surface area contributed by atoms with Crippen LogP contribution in [-0.2, 0) is 13.5 Å². The fourth-order valence-corrected chi connectivity index (χ4v) is 0.943. The van der Waals surface area contributed by atoms with Crippen LogP contribution in [0, 0.1) is 0 Å². The van der Waals surface area contributed by atoms with Crippen LogP contribution in [0.5, 0.6) is 0 Å². The third-order valence-corrected chi connectivity index (χ3v) is 1.63. The van der Waals surface area contributed by atoms with Gasteiger partial charge in [-0.2, -0.15) is 0 Å². The highest BCUT2D eigenvalue weighted by molar-refractivity contribution is 4.99. The molecule has 4 heteroatoms. The summed E-state index contributed by atoms with van der Waals surface area (Å²) in [5.74, 6) is 0. The van der Waals surface area contributed by atoms with Crippen LogP contribution in [0.2, 0.25) is 0 Å². The van der Waals surface area contributed by atoms with Crippen molar-refractivity contribution >= 4 is 0 Å². The average Bonchev–Trinajstić information content (AvgIpc) is 1.96. The highest BCUT2D eigenvalue weighted by Crippen LogP contribution is 1.88. The fraction of sp³-hybridized carbons (Fsp3) is 0.429. The van der Waals surface area contributed by atoms with Gasteiger partial charge < -0.3 is 4.57 Å². The molecule has 0 bridgehead atoms. The minimum absolute atomic E-state index is 0.329. The maximum atomic E-state index is 10.9. The predicted octanol–water partition coefficient (Wildman–Crippen LogP) is -0.364. The van der Waals surface area contributed by atoms with Crippen LogP contribution < -0.4 is 11.2 Å². The van der Waals surface area contributed by atoms with Gasteiger partial charge >= 0.3 is 5.69 Å². The minimum Gasteiger partial charge on any atom is -0.301 e. The molecule has 0 aromatic carbocycles. The highest BCUT2D eigenvalue weighted by Gasteiger charge is 1.97. The molecule has 0 saturated heterocycles. The van der Waals surface area contributed by atoms with Gasteiger partial charge in [-0.05, 0) is 6.42 Å². The number of nitrogens with zero attached hydrogens (tertiary/aromatic N) is 1. The largest absolute Gasteiger partial charge is 0.328 e. The molecule has 1 aromatic rings. The molecule has 1 rings (SSSR count). The van der Waals surface area contributed by atoms with Crippen LogP contribution in [-0.4, -0.2) is 9.55 Å². The van der Waals surface area contributed by atoms with Crippen molar-refractivity contribution in [3.63, 3.8) is 0 Å². The predicted molar refractivity (Wildman–Crippen MR) is 41.7 cm³/mol.